The third-order valence-electron chi connectivity index (χ3n) is 2.32. The maximum absolute atomic E-state index is 8.58. The number of hydrogen-bond acceptors (Lipinski definition) is 3. The van der Waals surface area contributed by atoms with Crippen LogP contribution >= 0.6 is 0 Å². The number of aliphatic imine (C=N–C) groups is 1. The number of aromatic nitrogens is 2. The normalized spacial score (nSPS) is 11.1. The van der Waals surface area contributed by atoms with E-state index in [1.807, 2.05) is 47.3 Å². The highest BCUT2D eigenvalue weighted by atomic mass is 16.3. The highest BCUT2D eigenvalue weighted by Gasteiger charge is 1.98. The Labute approximate surface area is 100 Å². The molecule has 1 aromatic heterocycles. The van der Waals surface area contributed by atoms with Crippen LogP contribution in [0.3, 0.4) is 0 Å². The highest BCUT2D eigenvalue weighted by molar-refractivity contribution is 5.60. The van der Waals surface area contributed by atoms with Crippen LogP contribution in [0.15, 0.2) is 47.6 Å². The summed E-state index contributed by atoms with van der Waals surface area (Å²) in [6, 6.07) is 11.9. The lowest BCUT2D eigenvalue weighted by Gasteiger charge is -1.99. The van der Waals surface area contributed by atoms with Crippen LogP contribution in [0.5, 0.6) is 0 Å². The van der Waals surface area contributed by atoms with E-state index in [-0.39, 0.29) is 6.61 Å². The van der Waals surface area contributed by atoms with E-state index in [4.69, 9.17) is 5.11 Å². The summed E-state index contributed by atoms with van der Waals surface area (Å²) in [5, 5.41) is 13.0. The fourth-order valence-corrected chi connectivity index (χ4v) is 1.50. The Morgan fingerprint density at radius 2 is 2.06 bits per heavy atom. The van der Waals surface area contributed by atoms with Crippen LogP contribution < -0.4 is 0 Å². The molecule has 0 atom stereocenters. The third-order valence-corrected chi connectivity index (χ3v) is 2.32. The molecule has 0 aliphatic carbocycles. The topological polar surface area (TPSA) is 50.4 Å². The molecule has 4 nitrogen and oxygen atoms in total. The number of benzene rings is 1. The van der Waals surface area contributed by atoms with Crippen molar-refractivity contribution in [3.8, 4) is 5.69 Å². The highest BCUT2D eigenvalue weighted by Crippen LogP contribution is 2.06. The SMILES string of the molecule is OCC/N=C/Cc1ccn(-c2ccccc2)n1. The minimum atomic E-state index is 0.0922. The standard InChI is InChI=1S/C13H15N3O/c17-11-9-14-8-6-12-7-10-16(15-12)13-4-2-1-3-5-13/h1-5,7-8,10,17H,6,9,11H2/b14-8+. The van der Waals surface area contributed by atoms with Gasteiger partial charge in [-0.2, -0.15) is 5.10 Å². The smallest absolute Gasteiger partial charge is 0.0682 e. The van der Waals surface area contributed by atoms with Crippen LogP contribution in [0.4, 0.5) is 0 Å². The first-order valence-electron chi connectivity index (χ1n) is 5.59. The van der Waals surface area contributed by atoms with Crippen molar-refractivity contribution >= 4 is 6.21 Å². The van der Waals surface area contributed by atoms with Gasteiger partial charge in [-0.15, -0.1) is 0 Å². The molecule has 4 heteroatoms. The molecular weight excluding hydrogens is 214 g/mol. The second-order valence-electron chi connectivity index (χ2n) is 3.60. The second kappa shape index (κ2) is 5.96. The second-order valence-corrected chi connectivity index (χ2v) is 3.60. The lowest BCUT2D eigenvalue weighted by Crippen LogP contribution is -1.96. The number of aliphatic hydroxyl groups excluding tert-OH is 1. The summed E-state index contributed by atoms with van der Waals surface area (Å²) in [5.41, 5.74) is 2.02. The fraction of sp³-hybridized carbons (Fsp3) is 0.231. The van der Waals surface area contributed by atoms with Gasteiger partial charge < -0.3 is 5.11 Å². The summed E-state index contributed by atoms with van der Waals surface area (Å²) in [5.74, 6) is 0. The largest absolute Gasteiger partial charge is 0.394 e. The molecule has 0 saturated carbocycles. The Balaban J connectivity index is 2.01. The molecule has 0 amide bonds. The van der Waals surface area contributed by atoms with Crippen LogP contribution in [0, 0.1) is 0 Å². The molecule has 0 aliphatic heterocycles. The minimum Gasteiger partial charge on any atom is -0.394 e. The molecule has 2 aromatic rings. The van der Waals surface area contributed by atoms with E-state index in [0.29, 0.717) is 13.0 Å². The van der Waals surface area contributed by atoms with E-state index >= 15 is 0 Å². The van der Waals surface area contributed by atoms with Gasteiger partial charge in [0.2, 0.25) is 0 Å². The maximum atomic E-state index is 8.58. The van der Waals surface area contributed by atoms with Crippen LogP contribution in [0.1, 0.15) is 5.69 Å². The third kappa shape index (κ3) is 3.26. The average molecular weight is 229 g/mol. The summed E-state index contributed by atoms with van der Waals surface area (Å²) in [7, 11) is 0. The lowest BCUT2D eigenvalue weighted by molar-refractivity contribution is 0.307. The number of rotatable bonds is 5. The molecule has 2 rings (SSSR count). The minimum absolute atomic E-state index is 0.0922. The summed E-state index contributed by atoms with van der Waals surface area (Å²) < 4.78 is 1.84. The predicted molar refractivity (Wildman–Crippen MR) is 67.7 cm³/mol. The van der Waals surface area contributed by atoms with Crippen molar-refractivity contribution in [2.45, 2.75) is 6.42 Å². The van der Waals surface area contributed by atoms with Gasteiger partial charge in [0, 0.05) is 18.8 Å². The molecule has 0 spiro atoms. The van der Waals surface area contributed by atoms with Crippen molar-refractivity contribution in [1.82, 2.24) is 9.78 Å². The first-order valence-corrected chi connectivity index (χ1v) is 5.59. The zero-order chi connectivity index (χ0) is 11.9. The molecular formula is C13H15N3O. The van der Waals surface area contributed by atoms with Crippen LogP contribution in [0.25, 0.3) is 5.69 Å². The summed E-state index contributed by atoms with van der Waals surface area (Å²) in [6.07, 6.45) is 4.41. The Hall–Kier alpha value is -1.94. The summed E-state index contributed by atoms with van der Waals surface area (Å²) in [6.45, 7) is 0.550. The number of para-hydroxylation sites is 1. The van der Waals surface area contributed by atoms with Gasteiger partial charge in [0.15, 0.2) is 0 Å². The van der Waals surface area contributed by atoms with Gasteiger partial charge in [0.25, 0.3) is 0 Å². The molecule has 0 fully saturated rings. The molecule has 1 N–H and O–H groups in total. The van der Waals surface area contributed by atoms with E-state index in [2.05, 4.69) is 10.1 Å². The van der Waals surface area contributed by atoms with E-state index in [1.54, 1.807) is 6.21 Å². The van der Waals surface area contributed by atoms with Crippen LogP contribution in [-0.4, -0.2) is 34.3 Å². The van der Waals surface area contributed by atoms with Gasteiger partial charge in [-0.05, 0) is 18.2 Å². The molecule has 0 aliphatic rings. The zero-order valence-corrected chi connectivity index (χ0v) is 9.53. The first kappa shape index (κ1) is 11.5. The molecule has 0 saturated heterocycles. The van der Waals surface area contributed by atoms with Crippen LogP contribution in [-0.2, 0) is 6.42 Å². The van der Waals surface area contributed by atoms with Gasteiger partial charge in [-0.1, -0.05) is 18.2 Å². The van der Waals surface area contributed by atoms with Gasteiger partial charge in [0.1, 0.15) is 0 Å². The van der Waals surface area contributed by atoms with Crippen molar-refractivity contribution in [1.29, 1.82) is 0 Å². The molecule has 0 radical (unpaired) electrons. The molecule has 1 aromatic carbocycles. The zero-order valence-electron chi connectivity index (χ0n) is 9.53. The van der Waals surface area contributed by atoms with E-state index in [1.165, 1.54) is 0 Å². The maximum Gasteiger partial charge on any atom is 0.0682 e. The van der Waals surface area contributed by atoms with Crippen LogP contribution in [0.2, 0.25) is 0 Å². The number of nitrogens with zero attached hydrogens (tertiary/aromatic N) is 3. The van der Waals surface area contributed by atoms with Crippen molar-refractivity contribution in [3.05, 3.63) is 48.3 Å². The Morgan fingerprint density at radius 1 is 1.24 bits per heavy atom. The molecule has 0 unspecified atom stereocenters. The van der Waals surface area contributed by atoms with E-state index in [9.17, 15) is 0 Å². The average Bonchev–Trinajstić information content (AvgIpc) is 2.85. The Bertz CT molecular complexity index is 476. The van der Waals surface area contributed by atoms with Gasteiger partial charge >= 0.3 is 0 Å². The molecule has 88 valence electrons. The van der Waals surface area contributed by atoms with Gasteiger partial charge in [-0.25, -0.2) is 4.68 Å². The van der Waals surface area contributed by atoms with E-state index in [0.717, 1.165) is 11.4 Å². The van der Waals surface area contributed by atoms with Crippen molar-refractivity contribution in [2.75, 3.05) is 13.2 Å². The van der Waals surface area contributed by atoms with Crippen molar-refractivity contribution in [2.24, 2.45) is 4.99 Å². The quantitative estimate of drug-likeness (QED) is 0.789. The number of hydrogen-bond donors (Lipinski definition) is 1. The van der Waals surface area contributed by atoms with Gasteiger partial charge in [0.05, 0.1) is 24.5 Å². The van der Waals surface area contributed by atoms with E-state index < -0.39 is 0 Å². The predicted octanol–water partition coefficient (Wildman–Crippen LogP) is 1.48. The molecule has 1 heterocycles. The fourth-order valence-electron chi connectivity index (χ4n) is 1.50. The lowest BCUT2D eigenvalue weighted by atomic mass is 10.3. The first-order chi connectivity index (χ1) is 8.40. The Morgan fingerprint density at radius 3 is 2.82 bits per heavy atom. The Kier molecular flexibility index (Phi) is 4.05. The number of aliphatic hydroxyl groups is 1. The molecule has 0 bridgehead atoms. The van der Waals surface area contributed by atoms with Crippen molar-refractivity contribution < 1.29 is 5.11 Å². The van der Waals surface area contributed by atoms with Crippen molar-refractivity contribution in [3.63, 3.8) is 0 Å². The molecule has 17 heavy (non-hydrogen) atoms. The summed E-state index contributed by atoms with van der Waals surface area (Å²) in [4.78, 5) is 4.04. The monoisotopic (exact) mass is 229 g/mol. The summed E-state index contributed by atoms with van der Waals surface area (Å²) >= 11 is 0. The van der Waals surface area contributed by atoms with Gasteiger partial charge in [-0.3, -0.25) is 4.99 Å².